The zero-order chi connectivity index (χ0) is 14.2. The second-order valence-electron chi connectivity index (χ2n) is 5.95. The van der Waals surface area contributed by atoms with Crippen molar-refractivity contribution in [1.82, 2.24) is 0 Å². The standard InChI is InChI=1S/C18H21NO/c1-13(2)12-20-18(3)14-8-4-6-10-16(14)19-17-11-7-5-9-15(17)18/h4-11,13,19H,12H2,1-3H3. The highest BCUT2D eigenvalue weighted by Gasteiger charge is 2.37. The molecule has 0 aromatic heterocycles. The van der Waals surface area contributed by atoms with Gasteiger partial charge in [-0.05, 0) is 25.0 Å². The van der Waals surface area contributed by atoms with Gasteiger partial charge >= 0.3 is 0 Å². The van der Waals surface area contributed by atoms with E-state index in [0.29, 0.717) is 5.92 Å². The molecule has 0 saturated carbocycles. The van der Waals surface area contributed by atoms with Gasteiger partial charge in [0.05, 0.1) is 6.61 Å². The van der Waals surface area contributed by atoms with Crippen molar-refractivity contribution in [3.05, 3.63) is 59.7 Å². The molecule has 0 spiro atoms. The maximum Gasteiger partial charge on any atom is 0.119 e. The summed E-state index contributed by atoms with van der Waals surface area (Å²) in [6.45, 7) is 7.29. The Morgan fingerprint density at radius 3 is 1.95 bits per heavy atom. The van der Waals surface area contributed by atoms with Gasteiger partial charge in [0.15, 0.2) is 0 Å². The molecule has 0 amide bonds. The SMILES string of the molecule is CC(C)COC1(C)c2ccccc2Nc2ccccc21. The zero-order valence-corrected chi connectivity index (χ0v) is 12.3. The Kier molecular flexibility index (Phi) is 3.27. The van der Waals surface area contributed by atoms with Crippen molar-refractivity contribution in [2.75, 3.05) is 11.9 Å². The van der Waals surface area contributed by atoms with Gasteiger partial charge in [-0.3, -0.25) is 0 Å². The molecule has 1 aliphatic heterocycles. The Labute approximate surface area is 120 Å². The molecular formula is C18H21NO. The summed E-state index contributed by atoms with van der Waals surface area (Å²) in [7, 11) is 0. The van der Waals surface area contributed by atoms with E-state index in [9.17, 15) is 0 Å². The summed E-state index contributed by atoms with van der Waals surface area (Å²) in [5.41, 5.74) is 4.30. The normalized spacial score (nSPS) is 15.4. The summed E-state index contributed by atoms with van der Waals surface area (Å²) in [5, 5.41) is 3.50. The summed E-state index contributed by atoms with van der Waals surface area (Å²) >= 11 is 0. The van der Waals surface area contributed by atoms with Crippen LogP contribution in [0.3, 0.4) is 0 Å². The van der Waals surface area contributed by atoms with Gasteiger partial charge < -0.3 is 10.1 Å². The molecule has 2 aromatic rings. The van der Waals surface area contributed by atoms with E-state index in [4.69, 9.17) is 4.74 Å². The largest absolute Gasteiger partial charge is 0.365 e. The molecule has 20 heavy (non-hydrogen) atoms. The van der Waals surface area contributed by atoms with Crippen LogP contribution < -0.4 is 5.32 Å². The van der Waals surface area contributed by atoms with Crippen LogP contribution in [0.1, 0.15) is 31.9 Å². The van der Waals surface area contributed by atoms with E-state index in [-0.39, 0.29) is 5.60 Å². The third-order valence-corrected chi connectivity index (χ3v) is 3.86. The fourth-order valence-corrected chi connectivity index (χ4v) is 2.80. The van der Waals surface area contributed by atoms with Gasteiger partial charge in [-0.1, -0.05) is 50.2 Å². The van der Waals surface area contributed by atoms with Gasteiger partial charge in [-0.2, -0.15) is 0 Å². The van der Waals surface area contributed by atoms with Crippen molar-refractivity contribution < 1.29 is 4.74 Å². The van der Waals surface area contributed by atoms with Crippen LogP contribution in [-0.2, 0) is 10.3 Å². The fraction of sp³-hybridized carbons (Fsp3) is 0.333. The molecule has 1 aliphatic rings. The number of benzene rings is 2. The molecule has 2 heteroatoms. The minimum Gasteiger partial charge on any atom is -0.365 e. The molecular weight excluding hydrogens is 246 g/mol. The topological polar surface area (TPSA) is 21.3 Å². The summed E-state index contributed by atoms with van der Waals surface area (Å²) in [6, 6.07) is 16.8. The van der Waals surface area contributed by atoms with E-state index in [1.54, 1.807) is 0 Å². The van der Waals surface area contributed by atoms with Gasteiger partial charge in [0.2, 0.25) is 0 Å². The Morgan fingerprint density at radius 2 is 1.45 bits per heavy atom. The molecule has 0 saturated heterocycles. The maximum atomic E-state index is 6.34. The lowest BCUT2D eigenvalue weighted by molar-refractivity contribution is -0.0181. The third kappa shape index (κ3) is 2.10. The minimum atomic E-state index is -0.386. The molecule has 0 atom stereocenters. The average Bonchev–Trinajstić information content (AvgIpc) is 2.46. The summed E-state index contributed by atoms with van der Waals surface area (Å²) in [4.78, 5) is 0. The summed E-state index contributed by atoms with van der Waals surface area (Å²) < 4.78 is 6.34. The number of rotatable bonds is 3. The first-order valence-electron chi connectivity index (χ1n) is 7.21. The monoisotopic (exact) mass is 267 g/mol. The van der Waals surface area contributed by atoms with Crippen molar-refractivity contribution in [3.63, 3.8) is 0 Å². The molecule has 1 N–H and O–H groups in total. The Morgan fingerprint density at radius 1 is 0.950 bits per heavy atom. The van der Waals surface area contributed by atoms with Gasteiger partial charge in [-0.25, -0.2) is 0 Å². The van der Waals surface area contributed by atoms with Gasteiger partial charge in [0, 0.05) is 22.5 Å². The molecule has 0 radical (unpaired) electrons. The highest BCUT2D eigenvalue weighted by molar-refractivity contribution is 5.74. The number of hydrogen-bond acceptors (Lipinski definition) is 2. The van der Waals surface area contributed by atoms with Crippen molar-refractivity contribution in [3.8, 4) is 0 Å². The van der Waals surface area contributed by atoms with Gasteiger partial charge in [0.25, 0.3) is 0 Å². The summed E-state index contributed by atoms with van der Waals surface area (Å²) in [5.74, 6) is 0.515. The molecule has 3 rings (SSSR count). The van der Waals surface area contributed by atoms with E-state index < -0.39 is 0 Å². The molecule has 0 aliphatic carbocycles. The lowest BCUT2D eigenvalue weighted by atomic mass is 9.83. The van der Waals surface area contributed by atoms with E-state index >= 15 is 0 Å². The Bertz CT molecular complexity index is 573. The zero-order valence-electron chi connectivity index (χ0n) is 12.3. The van der Waals surface area contributed by atoms with Crippen molar-refractivity contribution >= 4 is 11.4 Å². The predicted molar refractivity (Wildman–Crippen MR) is 83.4 cm³/mol. The van der Waals surface area contributed by atoms with Crippen LogP contribution in [0.5, 0.6) is 0 Å². The lowest BCUT2D eigenvalue weighted by Crippen LogP contribution is -2.33. The first kappa shape index (κ1) is 13.2. The van der Waals surface area contributed by atoms with Crippen molar-refractivity contribution in [2.45, 2.75) is 26.4 Å². The van der Waals surface area contributed by atoms with E-state index in [1.807, 2.05) is 0 Å². The number of ether oxygens (including phenoxy) is 1. The summed E-state index contributed by atoms with van der Waals surface area (Å²) in [6.07, 6.45) is 0. The number of nitrogens with one attached hydrogen (secondary N) is 1. The predicted octanol–water partition coefficient (Wildman–Crippen LogP) is 4.68. The van der Waals surface area contributed by atoms with E-state index in [1.165, 1.54) is 11.1 Å². The molecule has 2 nitrogen and oxygen atoms in total. The van der Waals surface area contributed by atoms with E-state index in [0.717, 1.165) is 18.0 Å². The number of fused-ring (bicyclic) bond motifs is 2. The third-order valence-electron chi connectivity index (χ3n) is 3.86. The molecule has 2 aromatic carbocycles. The molecule has 0 unspecified atom stereocenters. The highest BCUT2D eigenvalue weighted by atomic mass is 16.5. The van der Waals surface area contributed by atoms with Gasteiger partial charge in [0.1, 0.15) is 5.60 Å². The van der Waals surface area contributed by atoms with Crippen LogP contribution in [0.15, 0.2) is 48.5 Å². The quantitative estimate of drug-likeness (QED) is 0.871. The van der Waals surface area contributed by atoms with Gasteiger partial charge in [-0.15, -0.1) is 0 Å². The van der Waals surface area contributed by atoms with Crippen LogP contribution in [0, 0.1) is 5.92 Å². The van der Waals surface area contributed by atoms with Crippen LogP contribution >= 0.6 is 0 Å². The molecule has 0 bridgehead atoms. The van der Waals surface area contributed by atoms with Crippen LogP contribution in [0.25, 0.3) is 0 Å². The van der Waals surface area contributed by atoms with Crippen LogP contribution in [0.4, 0.5) is 11.4 Å². The number of para-hydroxylation sites is 2. The highest BCUT2D eigenvalue weighted by Crippen LogP contribution is 2.46. The Hall–Kier alpha value is -1.80. The number of anilines is 2. The molecule has 104 valence electrons. The second-order valence-corrected chi connectivity index (χ2v) is 5.95. The minimum absolute atomic E-state index is 0.386. The fourth-order valence-electron chi connectivity index (χ4n) is 2.80. The van der Waals surface area contributed by atoms with Crippen molar-refractivity contribution in [1.29, 1.82) is 0 Å². The van der Waals surface area contributed by atoms with Crippen molar-refractivity contribution in [2.24, 2.45) is 5.92 Å². The smallest absolute Gasteiger partial charge is 0.119 e. The maximum absolute atomic E-state index is 6.34. The first-order valence-corrected chi connectivity index (χ1v) is 7.21. The van der Waals surface area contributed by atoms with Crippen LogP contribution in [-0.4, -0.2) is 6.61 Å². The Balaban J connectivity index is 2.12. The first-order chi connectivity index (χ1) is 9.61. The van der Waals surface area contributed by atoms with E-state index in [2.05, 4.69) is 74.6 Å². The number of hydrogen-bond donors (Lipinski definition) is 1. The second kappa shape index (κ2) is 4.95. The lowest BCUT2D eigenvalue weighted by Gasteiger charge is -2.38. The molecule has 1 heterocycles. The van der Waals surface area contributed by atoms with Crippen LogP contribution in [0.2, 0.25) is 0 Å². The average molecular weight is 267 g/mol. The molecule has 0 fully saturated rings.